The molecule has 228 valence electrons. The number of carbonyl (C=O) groups is 4. The van der Waals surface area contributed by atoms with Crippen molar-refractivity contribution in [3.8, 4) is 0 Å². The molecule has 1 aliphatic heterocycles. The van der Waals surface area contributed by atoms with Gasteiger partial charge in [0.05, 0.1) is 19.5 Å². The number of nitrogens with one attached hydrogen (secondary N) is 4. The topological polar surface area (TPSA) is 162 Å². The molecule has 0 radical (unpaired) electrons. The van der Waals surface area contributed by atoms with Crippen LogP contribution >= 0.6 is 0 Å². The van der Waals surface area contributed by atoms with Gasteiger partial charge in [0.25, 0.3) is 0 Å². The molecule has 0 saturated carbocycles. The highest BCUT2D eigenvalue weighted by atomic mass is 19.1. The molecule has 1 aromatic heterocycles. The minimum atomic E-state index is -0.826. The second-order valence-electron chi connectivity index (χ2n) is 10.9. The van der Waals surface area contributed by atoms with Crippen LogP contribution in [0.4, 0.5) is 4.39 Å². The van der Waals surface area contributed by atoms with E-state index >= 15 is 0 Å². The first-order valence-electron chi connectivity index (χ1n) is 14.4. The first-order valence-corrected chi connectivity index (χ1v) is 14.4. The molecule has 1 unspecified atom stereocenters. The van der Waals surface area contributed by atoms with Crippen LogP contribution in [-0.2, 0) is 38.6 Å². The smallest absolute Gasteiger partial charge is 0.243 e. The molecule has 1 fully saturated rings. The van der Waals surface area contributed by atoms with Crippen LogP contribution in [0.15, 0.2) is 54.6 Å². The van der Waals surface area contributed by atoms with E-state index in [0.717, 1.165) is 11.1 Å². The van der Waals surface area contributed by atoms with Gasteiger partial charge >= 0.3 is 0 Å². The highest BCUT2D eigenvalue weighted by molar-refractivity contribution is 5.93. The maximum Gasteiger partial charge on any atom is 0.243 e. The minimum absolute atomic E-state index is 0.0342. The zero-order valence-electron chi connectivity index (χ0n) is 24.3. The van der Waals surface area contributed by atoms with Gasteiger partial charge in [0, 0.05) is 6.54 Å². The lowest BCUT2D eigenvalue weighted by Crippen LogP contribution is -2.53. The highest BCUT2D eigenvalue weighted by Gasteiger charge is 2.39. The molecular formula is C30H37FN8O4. The number of halogens is 1. The molecule has 0 spiro atoms. The Hall–Kier alpha value is -4.68. The molecule has 43 heavy (non-hydrogen) atoms. The molecule has 2 heterocycles. The molecule has 0 aliphatic carbocycles. The molecule has 4 atom stereocenters. The Balaban J connectivity index is 1.39. The van der Waals surface area contributed by atoms with E-state index in [1.54, 1.807) is 12.1 Å². The van der Waals surface area contributed by atoms with Crippen LogP contribution in [0.2, 0.25) is 0 Å². The van der Waals surface area contributed by atoms with Crippen molar-refractivity contribution < 1.29 is 23.6 Å². The average Bonchev–Trinajstić information content (AvgIpc) is 3.69. The fourth-order valence-corrected chi connectivity index (χ4v) is 5.17. The first-order chi connectivity index (χ1) is 20.7. The Kier molecular flexibility index (Phi) is 10.9. The first kappa shape index (κ1) is 31.3. The summed E-state index contributed by atoms with van der Waals surface area (Å²) in [6.45, 7) is 3.77. The van der Waals surface area contributed by atoms with Crippen molar-refractivity contribution in [1.29, 1.82) is 0 Å². The van der Waals surface area contributed by atoms with Crippen LogP contribution in [0.5, 0.6) is 0 Å². The van der Waals surface area contributed by atoms with Crippen molar-refractivity contribution in [3.63, 3.8) is 0 Å². The van der Waals surface area contributed by atoms with Crippen LogP contribution in [0, 0.1) is 17.7 Å². The third-order valence-electron chi connectivity index (χ3n) is 7.69. The second kappa shape index (κ2) is 15.0. The van der Waals surface area contributed by atoms with Gasteiger partial charge in [0.1, 0.15) is 17.9 Å². The quantitative estimate of drug-likeness (QED) is 0.233. The molecule has 1 aliphatic rings. The number of rotatable bonds is 13. The van der Waals surface area contributed by atoms with Crippen LogP contribution in [0.25, 0.3) is 0 Å². The summed E-state index contributed by atoms with van der Waals surface area (Å²) in [5, 5.41) is 21.7. The standard InChI is InChI=1S/C30H37FN8O4/c1-3-19(2)28(34-26(40)15-20-7-5-4-6-8-20)30(43)33-17-27(41)39-18-22(13-21-9-11-23(31)12-10-21)14-24(39)29(42)32-16-25-35-37-38-36-25/h4-12,19,22,24,28H,3,13-18H2,1-2H3,(H,32,42)(H,33,43)(H,34,40)(H,35,36,37,38)/t19-,22+,24?,28-/m0/s1. The van der Waals surface area contributed by atoms with Crippen molar-refractivity contribution in [1.82, 2.24) is 41.5 Å². The molecule has 1 saturated heterocycles. The molecule has 13 heteroatoms. The van der Waals surface area contributed by atoms with E-state index < -0.39 is 23.9 Å². The van der Waals surface area contributed by atoms with Gasteiger partial charge < -0.3 is 20.9 Å². The third kappa shape index (κ3) is 8.90. The molecule has 2 aromatic carbocycles. The van der Waals surface area contributed by atoms with E-state index in [2.05, 4.69) is 36.6 Å². The van der Waals surface area contributed by atoms with E-state index in [4.69, 9.17) is 0 Å². The van der Waals surface area contributed by atoms with Gasteiger partial charge in [0.15, 0.2) is 5.82 Å². The number of amides is 4. The van der Waals surface area contributed by atoms with Gasteiger partial charge in [0.2, 0.25) is 23.6 Å². The summed E-state index contributed by atoms with van der Waals surface area (Å²) in [6, 6.07) is 13.7. The largest absolute Gasteiger partial charge is 0.347 e. The summed E-state index contributed by atoms with van der Waals surface area (Å²) in [5.41, 5.74) is 1.72. The van der Waals surface area contributed by atoms with Gasteiger partial charge in [-0.25, -0.2) is 4.39 Å². The summed E-state index contributed by atoms with van der Waals surface area (Å²) in [6.07, 6.45) is 1.70. The molecule has 4 amide bonds. The molecular weight excluding hydrogens is 555 g/mol. The van der Waals surface area contributed by atoms with Gasteiger partial charge in [-0.15, -0.1) is 10.2 Å². The Bertz CT molecular complexity index is 1370. The molecule has 4 rings (SSSR count). The van der Waals surface area contributed by atoms with Crippen LogP contribution in [0.1, 0.15) is 43.6 Å². The fraction of sp³-hybridized carbons (Fsp3) is 0.433. The van der Waals surface area contributed by atoms with Gasteiger partial charge in [-0.05, 0) is 47.9 Å². The van der Waals surface area contributed by atoms with Crippen molar-refractivity contribution in [2.45, 2.75) is 58.2 Å². The van der Waals surface area contributed by atoms with Crippen molar-refractivity contribution in [3.05, 3.63) is 77.4 Å². The van der Waals surface area contributed by atoms with E-state index in [1.165, 1.54) is 17.0 Å². The van der Waals surface area contributed by atoms with Crippen molar-refractivity contribution in [2.75, 3.05) is 13.1 Å². The molecule has 3 aromatic rings. The summed E-state index contributed by atoms with van der Waals surface area (Å²) in [5.74, 6) is -1.84. The minimum Gasteiger partial charge on any atom is -0.347 e. The lowest BCUT2D eigenvalue weighted by Gasteiger charge is -2.26. The number of likely N-dealkylation sites (tertiary alicyclic amines) is 1. The van der Waals surface area contributed by atoms with Crippen LogP contribution < -0.4 is 16.0 Å². The Morgan fingerprint density at radius 1 is 1.05 bits per heavy atom. The van der Waals surface area contributed by atoms with E-state index in [-0.39, 0.29) is 55.5 Å². The molecule has 4 N–H and O–H groups in total. The van der Waals surface area contributed by atoms with E-state index in [9.17, 15) is 23.6 Å². The molecule has 0 bridgehead atoms. The number of aromatic amines is 1. The van der Waals surface area contributed by atoms with E-state index in [1.807, 2.05) is 44.2 Å². The maximum atomic E-state index is 13.4. The zero-order valence-corrected chi connectivity index (χ0v) is 24.3. The lowest BCUT2D eigenvalue weighted by molar-refractivity contribution is -0.139. The SMILES string of the molecule is CC[C@H](C)[C@H](NC(=O)Cc1ccccc1)C(=O)NCC(=O)N1C[C@H](Cc2ccc(F)cc2)CC1C(=O)NCc1nn[nH]n1. The number of hydrogen-bond acceptors (Lipinski definition) is 7. The average molecular weight is 593 g/mol. The predicted molar refractivity (Wildman–Crippen MR) is 154 cm³/mol. The fourth-order valence-electron chi connectivity index (χ4n) is 5.17. The highest BCUT2D eigenvalue weighted by Crippen LogP contribution is 2.27. The number of tetrazole rings is 1. The number of nitrogens with zero attached hydrogens (tertiary/aromatic N) is 4. The number of aromatic nitrogens is 4. The number of carbonyl (C=O) groups excluding carboxylic acids is 4. The third-order valence-corrected chi connectivity index (χ3v) is 7.69. The maximum absolute atomic E-state index is 13.4. The van der Waals surface area contributed by atoms with Gasteiger partial charge in [-0.2, -0.15) is 5.21 Å². The zero-order chi connectivity index (χ0) is 30.8. The van der Waals surface area contributed by atoms with E-state index in [0.29, 0.717) is 25.1 Å². The summed E-state index contributed by atoms with van der Waals surface area (Å²) < 4.78 is 13.4. The van der Waals surface area contributed by atoms with Gasteiger partial charge in [-0.3, -0.25) is 19.2 Å². The van der Waals surface area contributed by atoms with Gasteiger partial charge in [-0.1, -0.05) is 67.9 Å². The van der Waals surface area contributed by atoms with Crippen LogP contribution in [-0.4, -0.2) is 74.3 Å². The summed E-state index contributed by atoms with van der Waals surface area (Å²) in [7, 11) is 0. The Morgan fingerprint density at radius 2 is 1.79 bits per heavy atom. The summed E-state index contributed by atoms with van der Waals surface area (Å²) >= 11 is 0. The normalized spacial score (nSPS) is 17.6. The molecule has 12 nitrogen and oxygen atoms in total. The lowest BCUT2D eigenvalue weighted by atomic mass is 9.96. The number of benzene rings is 2. The monoisotopic (exact) mass is 592 g/mol. The van der Waals surface area contributed by atoms with Crippen LogP contribution in [0.3, 0.4) is 0 Å². The Morgan fingerprint density at radius 3 is 2.47 bits per heavy atom. The second-order valence-corrected chi connectivity index (χ2v) is 10.9. The van der Waals surface area contributed by atoms with Crippen molar-refractivity contribution >= 4 is 23.6 Å². The number of hydrogen-bond donors (Lipinski definition) is 4. The van der Waals surface area contributed by atoms with Crippen molar-refractivity contribution in [2.24, 2.45) is 11.8 Å². The Labute approximate surface area is 249 Å². The predicted octanol–water partition coefficient (Wildman–Crippen LogP) is 1.30. The number of H-pyrrole nitrogens is 1. The summed E-state index contributed by atoms with van der Waals surface area (Å²) in [4.78, 5) is 54.0.